The van der Waals surface area contributed by atoms with Crippen LogP contribution >= 0.6 is 15.9 Å². The molecule has 1 aromatic carbocycles. The fourth-order valence-corrected chi connectivity index (χ4v) is 2.08. The van der Waals surface area contributed by atoms with Gasteiger partial charge in [-0.2, -0.15) is 0 Å². The molecule has 0 saturated heterocycles. The Labute approximate surface area is 117 Å². The number of carbonyl (C=O) groups excluding carboxylic acids is 1. The van der Waals surface area contributed by atoms with Crippen LogP contribution in [0.4, 0.5) is 0 Å². The molecule has 1 amide bonds. The van der Waals surface area contributed by atoms with E-state index >= 15 is 0 Å². The molecule has 18 heavy (non-hydrogen) atoms. The smallest absolute Gasteiger partial charge is 0.221 e. The van der Waals surface area contributed by atoms with Gasteiger partial charge in [0.15, 0.2) is 0 Å². The minimum absolute atomic E-state index is 0.0495. The third-order valence-electron chi connectivity index (χ3n) is 2.98. The summed E-state index contributed by atoms with van der Waals surface area (Å²) in [7, 11) is 3.64. The average molecular weight is 314 g/mol. The van der Waals surface area contributed by atoms with Gasteiger partial charge in [0, 0.05) is 37.1 Å². The molecule has 0 aliphatic carbocycles. The van der Waals surface area contributed by atoms with Gasteiger partial charge in [-0.05, 0) is 24.7 Å². The van der Waals surface area contributed by atoms with Gasteiger partial charge in [-0.1, -0.05) is 28.1 Å². The van der Waals surface area contributed by atoms with E-state index in [4.69, 9.17) is 5.73 Å². The van der Waals surface area contributed by atoms with Crippen LogP contribution in [0.1, 0.15) is 18.0 Å². The number of carbonyl (C=O) groups is 1. The van der Waals surface area contributed by atoms with Crippen LogP contribution in [0.15, 0.2) is 28.7 Å². The lowest BCUT2D eigenvalue weighted by atomic mass is 10.1. The van der Waals surface area contributed by atoms with Crippen molar-refractivity contribution in [3.05, 3.63) is 34.3 Å². The van der Waals surface area contributed by atoms with Crippen LogP contribution < -0.4 is 11.1 Å². The Morgan fingerprint density at radius 1 is 1.44 bits per heavy atom. The first-order valence-corrected chi connectivity index (χ1v) is 6.74. The Balaban J connectivity index is 2.64. The molecule has 4 nitrogen and oxygen atoms in total. The van der Waals surface area contributed by atoms with Gasteiger partial charge < -0.3 is 11.1 Å². The Bertz CT molecular complexity index is 380. The number of hydrogen-bond acceptors (Lipinski definition) is 3. The van der Waals surface area contributed by atoms with Crippen molar-refractivity contribution >= 4 is 21.8 Å². The monoisotopic (exact) mass is 313 g/mol. The van der Waals surface area contributed by atoms with Gasteiger partial charge in [0.2, 0.25) is 5.91 Å². The highest BCUT2D eigenvalue weighted by Gasteiger charge is 2.15. The van der Waals surface area contributed by atoms with E-state index in [9.17, 15) is 4.79 Å². The largest absolute Gasteiger partial charge is 0.359 e. The molecule has 0 fully saturated rings. The highest BCUT2D eigenvalue weighted by atomic mass is 79.9. The standard InChI is InChI=1S/C13H20BrN3O/c1-16-13(18)7-8-17(2)12(9-15)10-3-5-11(14)6-4-10/h3-6,12H,7-9,15H2,1-2H3,(H,16,18). The number of nitrogens with two attached hydrogens (primary N) is 1. The zero-order valence-electron chi connectivity index (χ0n) is 10.8. The van der Waals surface area contributed by atoms with Gasteiger partial charge in [-0.25, -0.2) is 0 Å². The molecule has 0 aliphatic rings. The van der Waals surface area contributed by atoms with E-state index in [1.807, 2.05) is 19.2 Å². The van der Waals surface area contributed by atoms with Crippen molar-refractivity contribution in [1.82, 2.24) is 10.2 Å². The number of likely N-dealkylation sites (N-methyl/N-ethyl adjacent to an activating group) is 1. The van der Waals surface area contributed by atoms with Gasteiger partial charge in [0.05, 0.1) is 0 Å². The lowest BCUT2D eigenvalue weighted by Crippen LogP contribution is -2.33. The van der Waals surface area contributed by atoms with Crippen LogP contribution in [0.25, 0.3) is 0 Å². The van der Waals surface area contributed by atoms with Crippen molar-refractivity contribution in [2.24, 2.45) is 5.73 Å². The number of hydrogen-bond donors (Lipinski definition) is 2. The molecule has 0 radical (unpaired) electrons. The Morgan fingerprint density at radius 3 is 2.56 bits per heavy atom. The summed E-state index contributed by atoms with van der Waals surface area (Å²) in [5.41, 5.74) is 7.00. The second kappa shape index (κ2) is 7.51. The minimum atomic E-state index is 0.0495. The molecule has 100 valence electrons. The fourth-order valence-electron chi connectivity index (χ4n) is 1.81. The third kappa shape index (κ3) is 4.40. The van der Waals surface area contributed by atoms with E-state index < -0.39 is 0 Å². The quantitative estimate of drug-likeness (QED) is 0.837. The fraction of sp³-hybridized carbons (Fsp3) is 0.462. The van der Waals surface area contributed by atoms with Crippen molar-refractivity contribution in [1.29, 1.82) is 0 Å². The molecule has 1 unspecified atom stereocenters. The summed E-state index contributed by atoms with van der Waals surface area (Å²) in [6.45, 7) is 1.23. The number of benzene rings is 1. The zero-order chi connectivity index (χ0) is 13.5. The molecule has 5 heteroatoms. The summed E-state index contributed by atoms with van der Waals surface area (Å²) in [5.74, 6) is 0.0495. The molecule has 1 aromatic rings. The summed E-state index contributed by atoms with van der Waals surface area (Å²) in [6.07, 6.45) is 0.486. The lowest BCUT2D eigenvalue weighted by Gasteiger charge is -2.27. The Hall–Kier alpha value is -0.910. The van der Waals surface area contributed by atoms with Crippen molar-refractivity contribution in [2.45, 2.75) is 12.5 Å². The minimum Gasteiger partial charge on any atom is -0.359 e. The van der Waals surface area contributed by atoms with Crippen LogP contribution in [0, 0.1) is 0 Å². The van der Waals surface area contributed by atoms with E-state index in [0.29, 0.717) is 19.5 Å². The van der Waals surface area contributed by atoms with Gasteiger partial charge >= 0.3 is 0 Å². The predicted octanol–water partition coefficient (Wildman–Crippen LogP) is 1.52. The maximum Gasteiger partial charge on any atom is 0.221 e. The van der Waals surface area contributed by atoms with Crippen LogP contribution in [0.3, 0.4) is 0 Å². The molecule has 0 spiro atoms. The molecule has 1 atom stereocenters. The first-order valence-electron chi connectivity index (χ1n) is 5.94. The summed E-state index contributed by atoms with van der Waals surface area (Å²) in [5, 5.41) is 2.62. The summed E-state index contributed by atoms with van der Waals surface area (Å²) in [6, 6.07) is 8.26. The SMILES string of the molecule is CNC(=O)CCN(C)C(CN)c1ccc(Br)cc1. The zero-order valence-corrected chi connectivity index (χ0v) is 12.4. The number of halogens is 1. The molecule has 0 bridgehead atoms. The molecule has 0 aromatic heterocycles. The van der Waals surface area contributed by atoms with Crippen LogP contribution in [0.5, 0.6) is 0 Å². The first kappa shape index (κ1) is 15.1. The average Bonchev–Trinajstić information content (AvgIpc) is 2.39. The normalized spacial score (nSPS) is 12.5. The molecule has 1 rings (SSSR count). The number of amides is 1. The molecular formula is C13H20BrN3O. The molecule has 0 heterocycles. The van der Waals surface area contributed by atoms with E-state index in [1.54, 1.807) is 7.05 Å². The predicted molar refractivity (Wildman–Crippen MR) is 77.3 cm³/mol. The van der Waals surface area contributed by atoms with Crippen molar-refractivity contribution < 1.29 is 4.79 Å². The third-order valence-corrected chi connectivity index (χ3v) is 3.51. The second-order valence-electron chi connectivity index (χ2n) is 4.21. The molecule has 0 aliphatic heterocycles. The molecular weight excluding hydrogens is 294 g/mol. The number of nitrogens with zero attached hydrogens (tertiary/aromatic N) is 1. The van der Waals surface area contributed by atoms with Crippen molar-refractivity contribution in [2.75, 3.05) is 27.2 Å². The Kier molecular flexibility index (Phi) is 6.32. The summed E-state index contributed by atoms with van der Waals surface area (Å²) in [4.78, 5) is 13.3. The summed E-state index contributed by atoms with van der Waals surface area (Å²) < 4.78 is 1.05. The van der Waals surface area contributed by atoms with Gasteiger partial charge in [-0.3, -0.25) is 9.69 Å². The lowest BCUT2D eigenvalue weighted by molar-refractivity contribution is -0.120. The number of nitrogens with one attached hydrogen (secondary N) is 1. The van der Waals surface area contributed by atoms with Crippen molar-refractivity contribution in [3.63, 3.8) is 0 Å². The molecule has 0 saturated carbocycles. The van der Waals surface area contributed by atoms with Gasteiger partial charge in [0.1, 0.15) is 0 Å². The number of rotatable bonds is 6. The highest BCUT2D eigenvalue weighted by Crippen LogP contribution is 2.20. The first-order chi connectivity index (χ1) is 8.58. The van der Waals surface area contributed by atoms with Gasteiger partial charge in [-0.15, -0.1) is 0 Å². The Morgan fingerprint density at radius 2 is 2.06 bits per heavy atom. The van der Waals surface area contributed by atoms with E-state index in [1.165, 1.54) is 5.56 Å². The van der Waals surface area contributed by atoms with Crippen LogP contribution in [-0.2, 0) is 4.79 Å². The van der Waals surface area contributed by atoms with Gasteiger partial charge in [0.25, 0.3) is 0 Å². The molecule has 3 N–H and O–H groups in total. The van der Waals surface area contributed by atoms with E-state index in [2.05, 4.69) is 38.3 Å². The summed E-state index contributed by atoms with van der Waals surface area (Å²) >= 11 is 3.41. The van der Waals surface area contributed by atoms with Crippen LogP contribution in [0.2, 0.25) is 0 Å². The second-order valence-corrected chi connectivity index (χ2v) is 5.12. The maximum absolute atomic E-state index is 11.2. The van der Waals surface area contributed by atoms with E-state index in [-0.39, 0.29) is 11.9 Å². The topological polar surface area (TPSA) is 58.4 Å². The van der Waals surface area contributed by atoms with Crippen molar-refractivity contribution in [3.8, 4) is 0 Å². The van der Waals surface area contributed by atoms with E-state index in [0.717, 1.165) is 4.47 Å². The maximum atomic E-state index is 11.2. The highest BCUT2D eigenvalue weighted by molar-refractivity contribution is 9.10. The van der Waals surface area contributed by atoms with Crippen LogP contribution in [-0.4, -0.2) is 38.0 Å².